The first-order valence-corrected chi connectivity index (χ1v) is 3.12. The number of aromatic nitrogens is 3. The first-order valence-electron chi connectivity index (χ1n) is 3.12. The Labute approximate surface area is 66.2 Å². The van der Waals surface area contributed by atoms with Crippen molar-refractivity contribution in [3.63, 3.8) is 0 Å². The van der Waals surface area contributed by atoms with Crippen LogP contribution in [-0.2, 0) is 6.54 Å². The highest BCUT2D eigenvalue weighted by Crippen LogP contribution is 1.75. The predicted molar refractivity (Wildman–Crippen MR) is 39.3 cm³/mol. The van der Waals surface area contributed by atoms with Crippen molar-refractivity contribution >= 4 is 0 Å². The van der Waals surface area contributed by atoms with Gasteiger partial charge in [0, 0.05) is 6.54 Å². The van der Waals surface area contributed by atoms with Crippen LogP contribution in [-0.4, -0.2) is 14.8 Å². The first kappa shape index (κ1) is 8.38. The van der Waals surface area contributed by atoms with Crippen LogP contribution in [0.2, 0.25) is 0 Å². The Morgan fingerprint density at radius 3 is 2.92 bits per heavy atom. The molecular weight excluding hydrogens is 165 g/mol. The third-order valence-corrected chi connectivity index (χ3v) is 1.23. The van der Waals surface area contributed by atoms with Gasteiger partial charge in [0.1, 0.15) is 0 Å². The van der Waals surface area contributed by atoms with Crippen LogP contribution < -0.4 is 11.2 Å². The van der Waals surface area contributed by atoms with Gasteiger partial charge in [-0.1, -0.05) is 6.08 Å². The van der Waals surface area contributed by atoms with Crippen LogP contribution in [0.15, 0.2) is 22.2 Å². The molecule has 0 saturated carbocycles. The zero-order valence-electron chi connectivity index (χ0n) is 6.08. The lowest BCUT2D eigenvalue weighted by molar-refractivity contribution is 0.501. The van der Waals surface area contributed by atoms with Crippen molar-refractivity contribution in [2.45, 2.75) is 6.54 Å². The van der Waals surface area contributed by atoms with Gasteiger partial charge in [-0.2, -0.15) is 4.39 Å². The van der Waals surface area contributed by atoms with Crippen LogP contribution >= 0.6 is 0 Å². The third kappa shape index (κ3) is 1.31. The van der Waals surface area contributed by atoms with E-state index < -0.39 is 17.2 Å². The van der Waals surface area contributed by atoms with E-state index >= 15 is 0 Å². The summed E-state index contributed by atoms with van der Waals surface area (Å²) < 4.78 is 13.1. The van der Waals surface area contributed by atoms with E-state index in [1.54, 1.807) is 0 Å². The van der Waals surface area contributed by atoms with E-state index in [1.165, 1.54) is 6.08 Å². The molecule has 0 spiro atoms. The molecule has 0 aromatic carbocycles. The van der Waals surface area contributed by atoms with Crippen LogP contribution in [0.4, 0.5) is 4.39 Å². The smallest absolute Gasteiger partial charge is 0.264 e. The molecule has 0 amide bonds. The normalized spacial score (nSPS) is 9.75. The molecule has 1 aromatic heterocycles. The lowest BCUT2D eigenvalue weighted by Gasteiger charge is -1.97. The number of halogens is 1. The Bertz CT molecular complexity index is 406. The molecular formula is C6H6FN3O2. The summed E-state index contributed by atoms with van der Waals surface area (Å²) in [6, 6.07) is 0. The minimum atomic E-state index is -1.23. The summed E-state index contributed by atoms with van der Waals surface area (Å²) in [5, 5.41) is 4.68. The molecule has 0 saturated heterocycles. The molecule has 0 aliphatic carbocycles. The van der Waals surface area contributed by atoms with E-state index in [0.717, 1.165) is 0 Å². The molecule has 1 rings (SSSR count). The molecule has 12 heavy (non-hydrogen) atoms. The number of aromatic amines is 1. The summed E-state index contributed by atoms with van der Waals surface area (Å²) in [4.78, 5) is 21.6. The van der Waals surface area contributed by atoms with Crippen LogP contribution in [0.3, 0.4) is 0 Å². The van der Waals surface area contributed by atoms with E-state index in [4.69, 9.17) is 0 Å². The summed E-state index contributed by atoms with van der Waals surface area (Å²) in [7, 11) is 0. The molecule has 0 aliphatic rings. The highest BCUT2D eigenvalue weighted by atomic mass is 19.1. The van der Waals surface area contributed by atoms with Crippen molar-refractivity contribution in [2.75, 3.05) is 0 Å². The lowest BCUT2D eigenvalue weighted by Crippen LogP contribution is -2.37. The summed E-state index contributed by atoms with van der Waals surface area (Å²) in [5.41, 5.74) is -1.79. The van der Waals surface area contributed by atoms with Crippen LogP contribution in [0.1, 0.15) is 0 Å². The molecule has 0 radical (unpaired) electrons. The number of hydrogen-bond donors (Lipinski definition) is 1. The number of nitrogens with one attached hydrogen (secondary N) is 1. The van der Waals surface area contributed by atoms with Gasteiger partial charge in [0.2, 0.25) is 0 Å². The van der Waals surface area contributed by atoms with E-state index in [-0.39, 0.29) is 6.54 Å². The van der Waals surface area contributed by atoms with Crippen LogP contribution in [0.25, 0.3) is 0 Å². The fraction of sp³-hybridized carbons (Fsp3) is 0.167. The van der Waals surface area contributed by atoms with Crippen LogP contribution in [0, 0.1) is 5.95 Å². The van der Waals surface area contributed by atoms with Crippen molar-refractivity contribution in [3.8, 4) is 0 Å². The SMILES string of the molecule is C=CCn1c(=O)[nH]nc(F)c1=O. The van der Waals surface area contributed by atoms with Gasteiger partial charge in [-0.3, -0.25) is 9.36 Å². The molecule has 0 atom stereocenters. The van der Waals surface area contributed by atoms with Crippen molar-refractivity contribution in [3.05, 3.63) is 39.4 Å². The van der Waals surface area contributed by atoms with Gasteiger partial charge in [0.15, 0.2) is 0 Å². The van der Waals surface area contributed by atoms with Crippen LogP contribution in [0.5, 0.6) is 0 Å². The van der Waals surface area contributed by atoms with E-state index in [2.05, 4.69) is 11.7 Å². The van der Waals surface area contributed by atoms with Crippen molar-refractivity contribution in [2.24, 2.45) is 0 Å². The molecule has 1 N–H and O–H groups in total. The Morgan fingerprint density at radius 1 is 1.67 bits per heavy atom. The van der Waals surface area contributed by atoms with Gasteiger partial charge in [0.05, 0.1) is 0 Å². The maximum Gasteiger partial charge on any atom is 0.345 e. The van der Waals surface area contributed by atoms with Crippen molar-refractivity contribution < 1.29 is 4.39 Å². The first-order chi connectivity index (χ1) is 5.66. The lowest BCUT2D eigenvalue weighted by atomic mass is 10.6. The number of hydrogen-bond acceptors (Lipinski definition) is 3. The second-order valence-electron chi connectivity index (χ2n) is 2.02. The topological polar surface area (TPSA) is 67.8 Å². The number of nitrogens with zero attached hydrogens (tertiary/aromatic N) is 2. The summed E-state index contributed by atoms with van der Waals surface area (Å²) >= 11 is 0. The van der Waals surface area contributed by atoms with Crippen molar-refractivity contribution in [1.82, 2.24) is 14.8 Å². The monoisotopic (exact) mass is 171 g/mol. The van der Waals surface area contributed by atoms with E-state index in [0.29, 0.717) is 4.57 Å². The zero-order valence-corrected chi connectivity index (χ0v) is 6.08. The molecule has 0 unspecified atom stereocenters. The Balaban J connectivity index is 3.43. The Morgan fingerprint density at radius 2 is 2.33 bits per heavy atom. The number of allylic oxidation sites excluding steroid dienone is 1. The van der Waals surface area contributed by atoms with Gasteiger partial charge in [-0.15, -0.1) is 11.7 Å². The molecule has 1 heterocycles. The average Bonchev–Trinajstić information content (AvgIpc) is 2.06. The highest BCUT2D eigenvalue weighted by Gasteiger charge is 2.05. The Hall–Kier alpha value is -1.72. The fourth-order valence-electron chi connectivity index (χ4n) is 0.704. The molecule has 64 valence electrons. The number of rotatable bonds is 2. The highest BCUT2D eigenvalue weighted by molar-refractivity contribution is 4.80. The fourth-order valence-corrected chi connectivity index (χ4v) is 0.704. The quantitative estimate of drug-likeness (QED) is 0.595. The largest absolute Gasteiger partial charge is 0.345 e. The summed E-state index contributed by atoms with van der Waals surface area (Å²) in [5.74, 6) is -1.23. The third-order valence-electron chi connectivity index (χ3n) is 1.23. The second kappa shape index (κ2) is 3.12. The van der Waals surface area contributed by atoms with Gasteiger partial charge < -0.3 is 0 Å². The minimum absolute atomic E-state index is 0.0341. The van der Waals surface area contributed by atoms with E-state index in [9.17, 15) is 14.0 Å². The number of H-pyrrole nitrogens is 1. The molecule has 0 fully saturated rings. The standard InChI is InChI=1S/C6H6FN3O2/c1-2-3-10-5(11)4(7)8-9-6(10)12/h2H,1,3H2,(H,9,12). The average molecular weight is 171 g/mol. The second-order valence-corrected chi connectivity index (χ2v) is 2.02. The minimum Gasteiger partial charge on any atom is -0.264 e. The van der Waals surface area contributed by atoms with Gasteiger partial charge in [-0.25, -0.2) is 9.89 Å². The molecule has 6 heteroatoms. The van der Waals surface area contributed by atoms with E-state index in [1.807, 2.05) is 5.10 Å². The zero-order chi connectivity index (χ0) is 9.14. The maximum atomic E-state index is 12.4. The van der Waals surface area contributed by atoms with Crippen molar-refractivity contribution in [1.29, 1.82) is 0 Å². The summed E-state index contributed by atoms with van der Waals surface area (Å²) in [6.07, 6.45) is 1.32. The van der Waals surface area contributed by atoms with Gasteiger partial charge in [0.25, 0.3) is 5.95 Å². The molecule has 0 aliphatic heterocycles. The molecule has 1 aromatic rings. The predicted octanol–water partition coefficient (Wildman–Crippen LogP) is -0.743. The van der Waals surface area contributed by atoms with Gasteiger partial charge in [-0.05, 0) is 0 Å². The Kier molecular flexibility index (Phi) is 2.18. The summed E-state index contributed by atoms with van der Waals surface area (Å²) in [6.45, 7) is 3.28. The molecule has 0 bridgehead atoms. The van der Waals surface area contributed by atoms with Gasteiger partial charge >= 0.3 is 11.2 Å². The maximum absolute atomic E-state index is 12.4. The molecule has 5 nitrogen and oxygen atoms in total.